The number of carbonyl (C=O) groups excluding carboxylic acids is 1. The molecule has 9 nitrogen and oxygen atoms in total. The Morgan fingerprint density at radius 3 is 2.68 bits per heavy atom. The number of phenolic OH excluding ortho intramolecular Hbond substituents is 1. The summed E-state index contributed by atoms with van der Waals surface area (Å²) >= 11 is 4.18. The Morgan fingerprint density at radius 1 is 1.35 bits per heavy atom. The number of nitro benzene ring substituents is 1. The predicted molar refractivity (Wildman–Crippen MR) is 129 cm³/mol. The van der Waals surface area contributed by atoms with E-state index in [0.29, 0.717) is 22.5 Å². The zero-order valence-electron chi connectivity index (χ0n) is 18.0. The zero-order chi connectivity index (χ0) is 24.6. The maximum absolute atomic E-state index is 13.5. The van der Waals surface area contributed by atoms with Crippen LogP contribution in [0.1, 0.15) is 30.5 Å². The molecule has 2 aromatic carbocycles. The second kappa shape index (κ2) is 9.35. The zero-order valence-corrected chi connectivity index (χ0v) is 20.4. The minimum Gasteiger partial charge on any atom is -0.506 e. The van der Waals surface area contributed by atoms with Crippen molar-refractivity contribution in [2.24, 2.45) is 4.99 Å². The molecule has 0 bridgehead atoms. The van der Waals surface area contributed by atoms with Crippen LogP contribution in [0.5, 0.6) is 5.75 Å². The molecule has 1 aliphatic heterocycles. The van der Waals surface area contributed by atoms with Crippen molar-refractivity contribution in [2.75, 3.05) is 7.11 Å². The lowest BCUT2D eigenvalue weighted by Gasteiger charge is -2.25. The summed E-state index contributed by atoms with van der Waals surface area (Å²) in [6, 6.07) is 10.7. The van der Waals surface area contributed by atoms with Crippen LogP contribution in [0.2, 0.25) is 0 Å². The van der Waals surface area contributed by atoms with Crippen LogP contribution >= 0.6 is 27.3 Å². The quantitative estimate of drug-likeness (QED) is 0.299. The molecule has 1 aliphatic rings. The van der Waals surface area contributed by atoms with E-state index in [1.807, 2.05) is 37.3 Å². The van der Waals surface area contributed by atoms with Crippen molar-refractivity contribution in [1.82, 2.24) is 4.57 Å². The molecular formula is C23H18BrN3O6S. The second-order valence-electron chi connectivity index (χ2n) is 7.32. The second-order valence-corrected chi connectivity index (χ2v) is 9.18. The fraction of sp³-hybridized carbons (Fsp3) is 0.174. The number of phenols is 1. The molecule has 1 aromatic heterocycles. The summed E-state index contributed by atoms with van der Waals surface area (Å²) < 4.78 is 6.76. The number of aromatic nitrogens is 1. The average molecular weight is 544 g/mol. The summed E-state index contributed by atoms with van der Waals surface area (Å²) in [6.45, 7) is 1.86. The summed E-state index contributed by atoms with van der Waals surface area (Å²) in [4.78, 5) is 41.9. The number of hydrogen-bond acceptors (Lipinski definition) is 8. The molecule has 0 amide bonds. The van der Waals surface area contributed by atoms with Gasteiger partial charge in [0.25, 0.3) is 11.2 Å². The number of nitro groups is 1. The van der Waals surface area contributed by atoms with E-state index in [-0.39, 0.29) is 31.6 Å². The number of aromatic hydroxyl groups is 1. The number of non-ortho nitro benzene ring substituents is 1. The number of thiazole rings is 1. The lowest BCUT2D eigenvalue weighted by atomic mass is 9.95. The fourth-order valence-electron chi connectivity index (χ4n) is 3.78. The molecule has 174 valence electrons. The van der Waals surface area contributed by atoms with Crippen LogP contribution in [0.4, 0.5) is 5.69 Å². The van der Waals surface area contributed by atoms with E-state index in [4.69, 9.17) is 4.74 Å². The number of fused-ring (bicyclic) bond motifs is 1. The average Bonchev–Trinajstić information content (AvgIpc) is 3.15. The molecule has 3 aromatic rings. The van der Waals surface area contributed by atoms with Crippen molar-refractivity contribution in [3.63, 3.8) is 0 Å². The summed E-state index contributed by atoms with van der Waals surface area (Å²) in [6.07, 6.45) is 1.82. The molecule has 11 heteroatoms. The smallest absolute Gasteiger partial charge is 0.338 e. The Morgan fingerprint density at radius 2 is 2.06 bits per heavy atom. The number of rotatable bonds is 5. The summed E-state index contributed by atoms with van der Waals surface area (Å²) in [5.74, 6) is -0.815. The largest absolute Gasteiger partial charge is 0.506 e. The number of ether oxygens (including phenoxy) is 1. The topological polar surface area (TPSA) is 124 Å². The van der Waals surface area contributed by atoms with Gasteiger partial charge in [0.05, 0.1) is 38.4 Å². The van der Waals surface area contributed by atoms with Crippen LogP contribution in [-0.2, 0) is 9.53 Å². The molecule has 0 spiro atoms. The first-order valence-electron chi connectivity index (χ1n) is 10.1. The van der Waals surface area contributed by atoms with E-state index in [1.165, 1.54) is 29.9 Å². The molecule has 34 heavy (non-hydrogen) atoms. The minimum atomic E-state index is -0.757. The van der Waals surface area contributed by atoms with E-state index >= 15 is 0 Å². The molecular weight excluding hydrogens is 526 g/mol. The predicted octanol–water partition coefficient (Wildman–Crippen LogP) is 3.17. The summed E-state index contributed by atoms with van der Waals surface area (Å²) in [5.41, 5.74) is 0.900. The number of allylic oxidation sites excluding steroid dienone is 1. The van der Waals surface area contributed by atoms with E-state index in [2.05, 4.69) is 20.9 Å². The Bertz CT molecular complexity index is 1520. The third-order valence-corrected chi connectivity index (χ3v) is 6.93. The van der Waals surface area contributed by atoms with Gasteiger partial charge in [-0.3, -0.25) is 19.5 Å². The number of nitrogens with zero attached hydrogens (tertiary/aromatic N) is 3. The SMILES string of the molecule is CCC1=C(C(=O)OC)[C@H](c2ccccc2)n2c(s/c(=C/c3cc([N+](=O)[O-])cc(Br)c3O)c2=O)=N1. The Kier molecular flexibility index (Phi) is 6.49. The van der Waals surface area contributed by atoms with Crippen LogP contribution in [0.3, 0.4) is 0 Å². The van der Waals surface area contributed by atoms with Gasteiger partial charge in [-0.15, -0.1) is 0 Å². The number of carbonyl (C=O) groups is 1. The van der Waals surface area contributed by atoms with Crippen LogP contribution in [0, 0.1) is 10.1 Å². The maximum atomic E-state index is 13.5. The number of halogens is 1. The minimum absolute atomic E-state index is 0.102. The molecule has 2 heterocycles. The Hall–Kier alpha value is -3.57. The highest BCUT2D eigenvalue weighted by Gasteiger charge is 2.33. The Labute approximate surface area is 205 Å². The van der Waals surface area contributed by atoms with Gasteiger partial charge < -0.3 is 9.84 Å². The summed E-state index contributed by atoms with van der Waals surface area (Å²) in [5, 5.41) is 21.7. The molecule has 0 saturated heterocycles. The van der Waals surface area contributed by atoms with E-state index < -0.39 is 22.5 Å². The molecule has 0 radical (unpaired) electrons. The van der Waals surface area contributed by atoms with Crippen molar-refractivity contribution < 1.29 is 19.6 Å². The Balaban J connectivity index is 2.02. The van der Waals surface area contributed by atoms with Crippen molar-refractivity contribution in [1.29, 1.82) is 0 Å². The first-order valence-corrected chi connectivity index (χ1v) is 11.7. The lowest BCUT2D eigenvalue weighted by molar-refractivity contribution is -0.385. The molecule has 0 fully saturated rings. The standard InChI is InChI=1S/C23H18BrN3O6S/c1-3-16-18(22(30)33-2)19(12-7-5-4-6-8-12)26-21(29)17(34-23(26)25-16)10-13-9-14(27(31)32)11-15(24)20(13)28/h4-11,19,28H,3H2,1-2H3/b17-10+/t19-/m0/s1. The van der Waals surface area contributed by atoms with Gasteiger partial charge >= 0.3 is 5.97 Å². The lowest BCUT2D eigenvalue weighted by Crippen LogP contribution is -2.40. The van der Waals surface area contributed by atoms with Gasteiger partial charge in [0.1, 0.15) is 5.75 Å². The van der Waals surface area contributed by atoms with Crippen LogP contribution in [-0.4, -0.2) is 27.7 Å². The number of methoxy groups -OCH3 is 1. The maximum Gasteiger partial charge on any atom is 0.338 e. The van der Waals surface area contributed by atoms with Gasteiger partial charge in [0.2, 0.25) is 0 Å². The van der Waals surface area contributed by atoms with Crippen LogP contribution < -0.4 is 14.9 Å². The van der Waals surface area contributed by atoms with E-state index in [1.54, 1.807) is 0 Å². The third kappa shape index (κ3) is 4.08. The van der Waals surface area contributed by atoms with Gasteiger partial charge in [-0.1, -0.05) is 48.6 Å². The van der Waals surface area contributed by atoms with Gasteiger partial charge in [0.15, 0.2) is 4.80 Å². The number of hydrogen-bond donors (Lipinski definition) is 1. The monoisotopic (exact) mass is 543 g/mol. The highest BCUT2D eigenvalue weighted by atomic mass is 79.9. The van der Waals surface area contributed by atoms with Crippen LogP contribution in [0.25, 0.3) is 6.08 Å². The first-order chi connectivity index (χ1) is 16.3. The van der Waals surface area contributed by atoms with Crippen molar-refractivity contribution in [3.05, 3.63) is 99.1 Å². The fourth-order valence-corrected chi connectivity index (χ4v) is 5.25. The highest BCUT2D eigenvalue weighted by Crippen LogP contribution is 2.34. The van der Waals surface area contributed by atoms with Gasteiger partial charge in [-0.25, -0.2) is 9.79 Å². The molecule has 0 saturated carbocycles. The van der Waals surface area contributed by atoms with Crippen LogP contribution in [0.15, 0.2) is 68.0 Å². The normalized spacial score (nSPS) is 15.6. The van der Waals surface area contributed by atoms with Gasteiger partial charge in [0, 0.05) is 17.7 Å². The molecule has 0 unspecified atom stereocenters. The number of esters is 1. The van der Waals surface area contributed by atoms with Crippen molar-refractivity contribution in [3.8, 4) is 5.75 Å². The number of benzene rings is 2. The first kappa shape index (κ1) is 23.6. The van der Waals surface area contributed by atoms with Gasteiger partial charge in [-0.2, -0.15) is 0 Å². The highest BCUT2D eigenvalue weighted by molar-refractivity contribution is 9.10. The van der Waals surface area contributed by atoms with E-state index in [0.717, 1.165) is 11.3 Å². The van der Waals surface area contributed by atoms with Gasteiger partial charge in [-0.05, 0) is 34.0 Å². The molecule has 0 aliphatic carbocycles. The summed E-state index contributed by atoms with van der Waals surface area (Å²) in [7, 11) is 1.28. The molecule has 1 atom stereocenters. The van der Waals surface area contributed by atoms with Crippen molar-refractivity contribution >= 4 is 45.0 Å². The van der Waals surface area contributed by atoms with E-state index in [9.17, 15) is 24.8 Å². The third-order valence-electron chi connectivity index (χ3n) is 5.34. The van der Waals surface area contributed by atoms with Crippen molar-refractivity contribution in [2.45, 2.75) is 19.4 Å². The molecule has 4 rings (SSSR count). The molecule has 1 N–H and O–H groups in total.